The number of methoxy groups -OCH3 is 1. The molecule has 5 nitrogen and oxygen atoms in total. The van der Waals surface area contributed by atoms with Crippen molar-refractivity contribution in [2.24, 2.45) is 0 Å². The van der Waals surface area contributed by atoms with Crippen molar-refractivity contribution in [3.8, 4) is 23.8 Å². The first kappa shape index (κ1) is 21.6. The monoisotopic (exact) mass is 402 g/mol. The molecular weight excluding hydrogens is 379 g/mol. The number of ether oxygens (including phenoxy) is 2. The number of hydrogen-bond donors (Lipinski definition) is 2. The molecule has 148 valence electrons. The van der Waals surface area contributed by atoms with Crippen molar-refractivity contribution < 1.29 is 18.7 Å². The Morgan fingerprint density at radius 1 is 1.25 bits per heavy atom. The number of halogens is 1. The molecule has 2 N–H and O–H groups in total. The third kappa shape index (κ3) is 6.19. The van der Waals surface area contributed by atoms with Crippen LogP contribution in [0.3, 0.4) is 0 Å². The van der Waals surface area contributed by atoms with Crippen LogP contribution in [0.25, 0.3) is 0 Å². The molecule has 28 heavy (non-hydrogen) atoms. The van der Waals surface area contributed by atoms with Crippen LogP contribution in [0, 0.1) is 18.2 Å². The van der Waals surface area contributed by atoms with Gasteiger partial charge in [0.25, 0.3) is 0 Å². The van der Waals surface area contributed by atoms with Gasteiger partial charge in [-0.15, -0.1) is 6.42 Å². The minimum atomic E-state index is -0.565. The highest BCUT2D eigenvalue weighted by molar-refractivity contribution is 7.96. The lowest BCUT2D eigenvalue weighted by atomic mass is 10.1. The first-order chi connectivity index (χ1) is 13.6. The number of rotatable bonds is 10. The summed E-state index contributed by atoms with van der Waals surface area (Å²) in [5, 5.41) is 2.91. The molecule has 0 aromatic heterocycles. The molecule has 0 fully saturated rings. The number of nitrogens with one attached hydrogen (secondary N) is 2. The third-order valence-electron chi connectivity index (χ3n) is 3.95. The van der Waals surface area contributed by atoms with Crippen LogP contribution in [0.15, 0.2) is 42.5 Å². The molecule has 0 aliphatic carbocycles. The van der Waals surface area contributed by atoms with Gasteiger partial charge < -0.3 is 14.8 Å². The molecular formula is C21H23FN2O3S. The van der Waals surface area contributed by atoms with Gasteiger partial charge in [0.05, 0.1) is 7.11 Å². The lowest BCUT2D eigenvalue weighted by Crippen LogP contribution is -2.36. The Morgan fingerprint density at radius 2 is 2.00 bits per heavy atom. The highest BCUT2D eigenvalue weighted by Crippen LogP contribution is 2.28. The van der Waals surface area contributed by atoms with E-state index in [1.54, 1.807) is 25.3 Å². The van der Waals surface area contributed by atoms with Crippen molar-refractivity contribution in [3.63, 3.8) is 0 Å². The van der Waals surface area contributed by atoms with Crippen LogP contribution < -0.4 is 19.5 Å². The number of hydrogen-bond acceptors (Lipinski definition) is 5. The normalized spacial score (nSPS) is 11.4. The summed E-state index contributed by atoms with van der Waals surface area (Å²) in [6, 6.07) is 10.9. The number of terminal acetylenes is 1. The maximum Gasteiger partial charge on any atom is 0.242 e. The zero-order valence-corrected chi connectivity index (χ0v) is 16.6. The minimum Gasteiger partial charge on any atom is -0.493 e. The third-order valence-corrected chi connectivity index (χ3v) is 4.42. The molecule has 0 aliphatic rings. The average Bonchev–Trinajstić information content (AvgIpc) is 2.71. The number of carbonyl (C=O) groups is 1. The summed E-state index contributed by atoms with van der Waals surface area (Å²) >= 11 is 1.33. The zero-order chi connectivity index (χ0) is 20.4. The first-order valence-corrected chi connectivity index (χ1v) is 9.86. The fourth-order valence-electron chi connectivity index (χ4n) is 2.58. The summed E-state index contributed by atoms with van der Waals surface area (Å²) in [5.41, 5.74) is 1.69. The van der Waals surface area contributed by atoms with Gasteiger partial charge >= 0.3 is 0 Å². The maximum absolute atomic E-state index is 13.1. The number of benzene rings is 2. The van der Waals surface area contributed by atoms with Crippen molar-refractivity contribution >= 4 is 17.9 Å². The van der Waals surface area contributed by atoms with E-state index in [2.05, 4.69) is 16.0 Å². The van der Waals surface area contributed by atoms with E-state index in [-0.39, 0.29) is 18.3 Å². The van der Waals surface area contributed by atoms with Gasteiger partial charge in [-0.05, 0) is 48.1 Å². The highest BCUT2D eigenvalue weighted by atomic mass is 32.2. The van der Waals surface area contributed by atoms with E-state index in [1.807, 2.05) is 18.4 Å². The molecule has 0 saturated carbocycles. The second-order valence-corrected chi connectivity index (χ2v) is 6.47. The van der Waals surface area contributed by atoms with Crippen LogP contribution in [0.1, 0.15) is 17.2 Å². The van der Waals surface area contributed by atoms with E-state index >= 15 is 0 Å². The van der Waals surface area contributed by atoms with Gasteiger partial charge in [-0.1, -0.05) is 36.1 Å². The predicted octanol–water partition coefficient (Wildman–Crippen LogP) is 3.11. The van der Waals surface area contributed by atoms with Crippen LogP contribution in [0.2, 0.25) is 0 Å². The molecule has 2 aromatic carbocycles. The molecule has 1 unspecified atom stereocenters. The van der Waals surface area contributed by atoms with E-state index in [0.29, 0.717) is 30.0 Å². The fourth-order valence-corrected chi connectivity index (χ4v) is 3.06. The van der Waals surface area contributed by atoms with Gasteiger partial charge in [-0.3, -0.25) is 4.79 Å². The van der Waals surface area contributed by atoms with Crippen molar-refractivity contribution in [2.45, 2.75) is 12.5 Å². The largest absolute Gasteiger partial charge is 0.493 e. The van der Waals surface area contributed by atoms with Crippen molar-refractivity contribution in [2.75, 3.05) is 26.5 Å². The van der Waals surface area contributed by atoms with E-state index in [1.165, 1.54) is 24.1 Å². The molecule has 7 heteroatoms. The van der Waals surface area contributed by atoms with Gasteiger partial charge in [0, 0.05) is 6.54 Å². The summed E-state index contributed by atoms with van der Waals surface area (Å²) in [5.74, 6) is 3.06. The van der Waals surface area contributed by atoms with Crippen LogP contribution in [0.4, 0.5) is 4.39 Å². The summed E-state index contributed by atoms with van der Waals surface area (Å²) in [6.45, 7) is 0.610. The van der Waals surface area contributed by atoms with E-state index < -0.39 is 6.04 Å². The number of carbonyl (C=O) groups excluding carboxylic acids is 1. The minimum absolute atomic E-state index is 0.166. The van der Waals surface area contributed by atoms with Gasteiger partial charge in [-0.25, -0.2) is 9.11 Å². The van der Waals surface area contributed by atoms with Gasteiger partial charge in [0.15, 0.2) is 11.5 Å². The molecule has 1 amide bonds. The summed E-state index contributed by atoms with van der Waals surface area (Å²) < 4.78 is 26.9. The maximum atomic E-state index is 13.1. The summed E-state index contributed by atoms with van der Waals surface area (Å²) in [7, 11) is 1.56. The van der Waals surface area contributed by atoms with Crippen LogP contribution in [-0.2, 0) is 11.2 Å². The molecule has 2 aromatic rings. The lowest BCUT2D eigenvalue weighted by Gasteiger charge is -2.17. The molecule has 0 radical (unpaired) electrons. The van der Waals surface area contributed by atoms with Crippen molar-refractivity contribution in [1.29, 1.82) is 0 Å². The quantitative estimate of drug-likeness (QED) is 0.472. The van der Waals surface area contributed by atoms with Crippen molar-refractivity contribution in [1.82, 2.24) is 10.0 Å². The van der Waals surface area contributed by atoms with Gasteiger partial charge in [-0.2, -0.15) is 0 Å². The smallest absolute Gasteiger partial charge is 0.242 e. The predicted molar refractivity (Wildman–Crippen MR) is 110 cm³/mol. The second kappa shape index (κ2) is 11.2. The molecule has 1 atom stereocenters. The molecule has 0 bridgehead atoms. The van der Waals surface area contributed by atoms with E-state index in [0.717, 1.165) is 5.56 Å². The van der Waals surface area contributed by atoms with Crippen LogP contribution in [0.5, 0.6) is 11.5 Å². The topological polar surface area (TPSA) is 59.6 Å². The molecule has 0 saturated heterocycles. The Kier molecular flexibility index (Phi) is 8.66. The van der Waals surface area contributed by atoms with Crippen molar-refractivity contribution in [3.05, 3.63) is 59.4 Å². The summed E-state index contributed by atoms with van der Waals surface area (Å²) in [4.78, 5) is 12.6. The second-order valence-electron chi connectivity index (χ2n) is 5.83. The van der Waals surface area contributed by atoms with Gasteiger partial charge in [0.1, 0.15) is 18.5 Å². The Bertz CT molecular complexity index is 821. The zero-order valence-electron chi connectivity index (χ0n) is 15.8. The number of amides is 1. The fraction of sp³-hybridized carbons (Fsp3) is 0.286. The molecule has 0 heterocycles. The average molecular weight is 402 g/mol. The molecule has 2 rings (SSSR count). The Morgan fingerprint density at radius 3 is 2.64 bits per heavy atom. The Labute approximate surface area is 169 Å². The van der Waals surface area contributed by atoms with Crippen LogP contribution >= 0.6 is 11.9 Å². The standard InChI is InChI=1S/C21H23FN2O3S/c1-4-13-27-18-10-5-15(14-19(18)26-2)11-12-23-21(25)20(24-28-3)16-6-8-17(22)9-7-16/h1,5-10,14,20,24H,11-13H2,2-3H3,(H,23,25). The highest BCUT2D eigenvalue weighted by Gasteiger charge is 2.19. The van der Waals surface area contributed by atoms with E-state index in [4.69, 9.17) is 15.9 Å². The molecule has 0 spiro atoms. The molecule has 0 aliphatic heterocycles. The van der Waals surface area contributed by atoms with Gasteiger partial charge in [0.2, 0.25) is 5.91 Å². The Hall–Kier alpha value is -2.69. The van der Waals surface area contributed by atoms with Crippen LogP contribution in [-0.4, -0.2) is 32.4 Å². The SMILES string of the molecule is C#CCOc1ccc(CCNC(=O)C(NSC)c2ccc(F)cc2)cc1OC. The first-order valence-electron chi connectivity index (χ1n) is 8.64. The summed E-state index contributed by atoms with van der Waals surface area (Å²) in [6.07, 6.45) is 7.66. The van der Waals surface area contributed by atoms with E-state index in [9.17, 15) is 9.18 Å². The lowest BCUT2D eigenvalue weighted by molar-refractivity contribution is -0.122. The Balaban J connectivity index is 1.96.